The molecule has 0 aliphatic rings. The quantitative estimate of drug-likeness (QED) is 0.369. The van der Waals surface area contributed by atoms with Crippen molar-refractivity contribution >= 4 is 18.0 Å². The SMILES string of the molecule is COC(=O)C(=Cc1ccc(OC)cc1)C(=O)OC(C)(C)C. The molecule has 0 saturated carbocycles. The van der Waals surface area contributed by atoms with E-state index in [4.69, 9.17) is 9.47 Å². The topological polar surface area (TPSA) is 61.8 Å². The molecule has 0 atom stereocenters. The Balaban J connectivity index is 3.08. The molecule has 1 aromatic rings. The third kappa shape index (κ3) is 5.30. The predicted octanol–water partition coefficient (Wildman–Crippen LogP) is 2.59. The first-order valence-electron chi connectivity index (χ1n) is 6.44. The maximum Gasteiger partial charge on any atom is 0.346 e. The summed E-state index contributed by atoms with van der Waals surface area (Å²) >= 11 is 0. The van der Waals surface area contributed by atoms with Crippen molar-refractivity contribution in [1.82, 2.24) is 0 Å². The van der Waals surface area contributed by atoms with E-state index in [2.05, 4.69) is 4.74 Å². The van der Waals surface area contributed by atoms with E-state index in [1.54, 1.807) is 52.1 Å². The van der Waals surface area contributed by atoms with Gasteiger partial charge in [-0.25, -0.2) is 9.59 Å². The largest absolute Gasteiger partial charge is 0.497 e. The van der Waals surface area contributed by atoms with Crippen LogP contribution in [0.1, 0.15) is 26.3 Å². The molecular formula is C16H20O5. The fraction of sp³-hybridized carbons (Fsp3) is 0.375. The van der Waals surface area contributed by atoms with Crippen molar-refractivity contribution < 1.29 is 23.8 Å². The van der Waals surface area contributed by atoms with Gasteiger partial charge in [0.05, 0.1) is 14.2 Å². The van der Waals surface area contributed by atoms with E-state index >= 15 is 0 Å². The van der Waals surface area contributed by atoms with Crippen LogP contribution in [-0.2, 0) is 19.1 Å². The minimum atomic E-state index is -0.736. The van der Waals surface area contributed by atoms with Crippen LogP contribution in [0.4, 0.5) is 0 Å². The van der Waals surface area contributed by atoms with Gasteiger partial charge in [0, 0.05) is 0 Å². The first-order valence-corrected chi connectivity index (χ1v) is 6.44. The van der Waals surface area contributed by atoms with Gasteiger partial charge in [-0.15, -0.1) is 0 Å². The molecule has 0 radical (unpaired) electrons. The van der Waals surface area contributed by atoms with E-state index in [1.807, 2.05) is 0 Å². The minimum Gasteiger partial charge on any atom is -0.497 e. The third-order valence-electron chi connectivity index (χ3n) is 2.45. The lowest BCUT2D eigenvalue weighted by Crippen LogP contribution is -2.27. The molecule has 0 fully saturated rings. The summed E-state index contributed by atoms with van der Waals surface area (Å²) in [5.41, 5.74) is -0.177. The zero-order chi connectivity index (χ0) is 16.0. The molecule has 0 heterocycles. The number of carbonyl (C=O) groups excluding carboxylic acids is 2. The highest BCUT2D eigenvalue weighted by Gasteiger charge is 2.25. The summed E-state index contributed by atoms with van der Waals surface area (Å²) in [6.07, 6.45) is 1.43. The second-order valence-corrected chi connectivity index (χ2v) is 5.32. The van der Waals surface area contributed by atoms with E-state index in [0.717, 1.165) is 0 Å². The van der Waals surface area contributed by atoms with Crippen molar-refractivity contribution in [2.75, 3.05) is 14.2 Å². The molecule has 0 amide bonds. The highest BCUT2D eigenvalue weighted by molar-refractivity contribution is 6.17. The van der Waals surface area contributed by atoms with E-state index in [-0.39, 0.29) is 5.57 Å². The van der Waals surface area contributed by atoms with E-state index in [9.17, 15) is 9.59 Å². The van der Waals surface area contributed by atoms with E-state index < -0.39 is 17.5 Å². The van der Waals surface area contributed by atoms with E-state index in [1.165, 1.54) is 13.2 Å². The first-order chi connectivity index (χ1) is 9.76. The van der Waals surface area contributed by atoms with Gasteiger partial charge in [-0.1, -0.05) is 12.1 Å². The number of esters is 2. The lowest BCUT2D eigenvalue weighted by molar-refractivity contribution is -0.153. The Morgan fingerprint density at radius 1 is 1.00 bits per heavy atom. The van der Waals surface area contributed by atoms with Crippen LogP contribution in [0.5, 0.6) is 5.75 Å². The lowest BCUT2D eigenvalue weighted by Gasteiger charge is -2.19. The maximum atomic E-state index is 12.1. The average molecular weight is 292 g/mol. The Kier molecular flexibility index (Phi) is 5.52. The summed E-state index contributed by atoms with van der Waals surface area (Å²) in [5.74, 6) is -0.769. The third-order valence-corrected chi connectivity index (χ3v) is 2.45. The number of ether oxygens (including phenoxy) is 3. The van der Waals surface area contributed by atoms with Crippen LogP contribution in [0.3, 0.4) is 0 Å². The van der Waals surface area contributed by atoms with Gasteiger partial charge in [-0.3, -0.25) is 0 Å². The van der Waals surface area contributed by atoms with E-state index in [0.29, 0.717) is 11.3 Å². The monoisotopic (exact) mass is 292 g/mol. The molecule has 21 heavy (non-hydrogen) atoms. The van der Waals surface area contributed by atoms with Crippen molar-refractivity contribution in [2.24, 2.45) is 0 Å². The van der Waals surface area contributed by atoms with Crippen molar-refractivity contribution in [1.29, 1.82) is 0 Å². The summed E-state index contributed by atoms with van der Waals surface area (Å²) in [4.78, 5) is 23.8. The van der Waals surface area contributed by atoms with Gasteiger partial charge in [0.15, 0.2) is 0 Å². The fourth-order valence-electron chi connectivity index (χ4n) is 1.51. The molecule has 0 N–H and O–H groups in total. The zero-order valence-corrected chi connectivity index (χ0v) is 12.9. The van der Waals surface area contributed by atoms with Gasteiger partial charge >= 0.3 is 11.9 Å². The number of rotatable bonds is 4. The second kappa shape index (κ2) is 6.92. The number of methoxy groups -OCH3 is 2. The molecule has 5 nitrogen and oxygen atoms in total. The molecule has 5 heteroatoms. The summed E-state index contributed by atoms with van der Waals surface area (Å²) in [6, 6.07) is 6.92. The molecule has 0 bridgehead atoms. The van der Waals surface area contributed by atoms with Crippen molar-refractivity contribution in [3.05, 3.63) is 35.4 Å². The van der Waals surface area contributed by atoms with Gasteiger partial charge in [0.2, 0.25) is 0 Å². The Morgan fingerprint density at radius 3 is 2.00 bits per heavy atom. The van der Waals surface area contributed by atoms with Crippen molar-refractivity contribution in [3.63, 3.8) is 0 Å². The van der Waals surface area contributed by atoms with Gasteiger partial charge in [0.25, 0.3) is 0 Å². The average Bonchev–Trinajstić information content (AvgIpc) is 2.42. The fourth-order valence-corrected chi connectivity index (χ4v) is 1.51. The van der Waals surface area contributed by atoms with Crippen LogP contribution in [0.15, 0.2) is 29.8 Å². The number of carbonyl (C=O) groups is 2. The smallest absolute Gasteiger partial charge is 0.346 e. The van der Waals surface area contributed by atoms with Crippen LogP contribution in [0.25, 0.3) is 6.08 Å². The summed E-state index contributed by atoms with van der Waals surface area (Å²) in [5, 5.41) is 0. The highest BCUT2D eigenvalue weighted by atomic mass is 16.6. The van der Waals surface area contributed by atoms with Gasteiger partial charge < -0.3 is 14.2 Å². The molecular weight excluding hydrogens is 272 g/mol. The molecule has 114 valence electrons. The Labute approximate surface area is 124 Å². The Bertz CT molecular complexity index is 535. The lowest BCUT2D eigenvalue weighted by atomic mass is 10.1. The predicted molar refractivity (Wildman–Crippen MR) is 78.8 cm³/mol. The molecule has 0 saturated heterocycles. The molecule has 1 rings (SSSR count). The van der Waals surface area contributed by atoms with Crippen molar-refractivity contribution in [2.45, 2.75) is 26.4 Å². The number of hydrogen-bond acceptors (Lipinski definition) is 5. The van der Waals surface area contributed by atoms with Gasteiger partial charge in [-0.05, 0) is 44.5 Å². The standard InChI is InChI=1S/C16H20O5/c1-16(2,3)21-15(18)13(14(17)20-5)10-11-6-8-12(19-4)9-7-11/h6-10H,1-5H3. The van der Waals surface area contributed by atoms with Crippen LogP contribution >= 0.6 is 0 Å². The van der Waals surface area contributed by atoms with Crippen molar-refractivity contribution in [3.8, 4) is 5.75 Å². The first kappa shape index (κ1) is 16.8. The highest BCUT2D eigenvalue weighted by Crippen LogP contribution is 2.17. The Morgan fingerprint density at radius 2 is 1.57 bits per heavy atom. The molecule has 0 aliphatic carbocycles. The van der Waals surface area contributed by atoms with Gasteiger partial charge in [0.1, 0.15) is 16.9 Å². The Hall–Kier alpha value is -2.30. The minimum absolute atomic E-state index is 0.155. The van der Waals surface area contributed by atoms with Crippen LogP contribution in [0, 0.1) is 0 Å². The molecule has 1 aromatic carbocycles. The molecule has 0 spiro atoms. The van der Waals surface area contributed by atoms with Crippen LogP contribution in [0.2, 0.25) is 0 Å². The van der Waals surface area contributed by atoms with Crippen LogP contribution < -0.4 is 4.74 Å². The summed E-state index contributed by atoms with van der Waals surface area (Å²) in [7, 11) is 2.78. The molecule has 0 aliphatic heterocycles. The molecule has 0 unspecified atom stereocenters. The summed E-state index contributed by atoms with van der Waals surface area (Å²) in [6.45, 7) is 5.19. The molecule has 0 aromatic heterocycles. The number of hydrogen-bond donors (Lipinski definition) is 0. The van der Waals surface area contributed by atoms with Gasteiger partial charge in [-0.2, -0.15) is 0 Å². The second-order valence-electron chi connectivity index (χ2n) is 5.32. The number of benzene rings is 1. The normalized spacial score (nSPS) is 11.8. The maximum absolute atomic E-state index is 12.1. The van der Waals surface area contributed by atoms with Crippen LogP contribution in [-0.4, -0.2) is 31.8 Å². The summed E-state index contributed by atoms with van der Waals surface area (Å²) < 4.78 is 14.9. The zero-order valence-electron chi connectivity index (χ0n) is 12.9.